The van der Waals surface area contributed by atoms with Crippen LogP contribution in [0.2, 0.25) is 5.02 Å². The summed E-state index contributed by atoms with van der Waals surface area (Å²) in [6.45, 7) is 2.34. The zero-order chi connectivity index (χ0) is 14.7. The van der Waals surface area contributed by atoms with Crippen LogP contribution in [0.5, 0.6) is 0 Å². The van der Waals surface area contributed by atoms with Crippen molar-refractivity contribution in [1.82, 2.24) is 14.8 Å². The van der Waals surface area contributed by atoms with Gasteiger partial charge in [0.2, 0.25) is 0 Å². The number of halogens is 2. The van der Waals surface area contributed by atoms with Crippen LogP contribution < -0.4 is 0 Å². The van der Waals surface area contributed by atoms with Gasteiger partial charge in [-0.1, -0.05) is 23.4 Å². The van der Waals surface area contributed by atoms with Gasteiger partial charge in [-0.2, -0.15) is 0 Å². The minimum absolute atomic E-state index is 0.129. The molecule has 2 aromatic rings. The number of aliphatic carboxylic acids is 1. The summed E-state index contributed by atoms with van der Waals surface area (Å²) < 4.78 is 15.5. The minimum atomic E-state index is -0.948. The number of nitrogens with zero attached hydrogens (tertiary/aromatic N) is 3. The molecule has 0 radical (unpaired) electrons. The van der Waals surface area contributed by atoms with E-state index in [9.17, 15) is 9.18 Å². The molecule has 0 bridgehead atoms. The number of aromatic nitrogens is 3. The number of carboxylic acid groups (broad SMARTS) is 1. The van der Waals surface area contributed by atoms with Crippen molar-refractivity contribution in [2.75, 3.05) is 5.75 Å². The molecule has 0 aliphatic rings. The molecular weight excluding hydrogens is 305 g/mol. The van der Waals surface area contributed by atoms with Gasteiger partial charge in [0, 0.05) is 11.6 Å². The first kappa shape index (κ1) is 14.8. The summed E-state index contributed by atoms with van der Waals surface area (Å²) in [5, 5.41) is 17.4. The molecule has 0 unspecified atom stereocenters. The van der Waals surface area contributed by atoms with E-state index in [4.69, 9.17) is 16.7 Å². The predicted molar refractivity (Wildman–Crippen MR) is 74.5 cm³/mol. The van der Waals surface area contributed by atoms with Gasteiger partial charge in [-0.3, -0.25) is 4.79 Å². The smallest absolute Gasteiger partial charge is 0.313 e. The van der Waals surface area contributed by atoms with Crippen molar-refractivity contribution in [1.29, 1.82) is 0 Å². The summed E-state index contributed by atoms with van der Waals surface area (Å²) >= 11 is 6.90. The number of hydrogen-bond donors (Lipinski definition) is 1. The van der Waals surface area contributed by atoms with Crippen LogP contribution in [-0.4, -0.2) is 31.6 Å². The Kier molecular flexibility index (Phi) is 4.61. The maximum Gasteiger partial charge on any atom is 0.313 e. The third-order valence-electron chi connectivity index (χ3n) is 2.53. The lowest BCUT2D eigenvalue weighted by molar-refractivity contribution is -0.133. The maximum atomic E-state index is 13.9. The van der Waals surface area contributed by atoms with Crippen LogP contribution in [0.4, 0.5) is 4.39 Å². The molecule has 2 rings (SSSR count). The van der Waals surface area contributed by atoms with Gasteiger partial charge >= 0.3 is 5.97 Å². The quantitative estimate of drug-likeness (QED) is 0.859. The van der Waals surface area contributed by atoms with Gasteiger partial charge in [0.25, 0.3) is 0 Å². The van der Waals surface area contributed by atoms with Crippen LogP contribution in [0, 0.1) is 5.82 Å². The summed E-state index contributed by atoms with van der Waals surface area (Å²) in [6, 6.07) is 4.18. The molecule has 0 saturated heterocycles. The molecule has 0 atom stereocenters. The fourth-order valence-electron chi connectivity index (χ4n) is 1.67. The third kappa shape index (κ3) is 3.10. The van der Waals surface area contributed by atoms with E-state index < -0.39 is 11.8 Å². The fourth-order valence-corrected chi connectivity index (χ4v) is 2.57. The van der Waals surface area contributed by atoms with E-state index in [1.54, 1.807) is 4.57 Å². The second-order valence-corrected chi connectivity index (χ2v) is 5.24. The highest BCUT2D eigenvalue weighted by molar-refractivity contribution is 7.99. The first-order valence-electron chi connectivity index (χ1n) is 5.76. The molecule has 0 spiro atoms. The summed E-state index contributed by atoms with van der Waals surface area (Å²) in [5.41, 5.74) is 0.244. The molecule has 20 heavy (non-hydrogen) atoms. The Hall–Kier alpha value is -1.60. The van der Waals surface area contributed by atoms with E-state index >= 15 is 0 Å². The molecule has 8 heteroatoms. The van der Waals surface area contributed by atoms with Crippen molar-refractivity contribution in [2.24, 2.45) is 0 Å². The average Bonchev–Trinajstić information content (AvgIpc) is 2.81. The first-order chi connectivity index (χ1) is 9.52. The number of benzene rings is 1. The molecule has 0 aliphatic carbocycles. The second kappa shape index (κ2) is 6.23. The summed E-state index contributed by atoms with van der Waals surface area (Å²) in [6.07, 6.45) is 0. The number of hydrogen-bond acceptors (Lipinski definition) is 4. The SMILES string of the molecule is CCn1c(SCC(=O)O)nnc1-c1cc(Cl)ccc1F. The topological polar surface area (TPSA) is 68.0 Å². The van der Waals surface area contributed by atoms with Crippen molar-refractivity contribution in [3.8, 4) is 11.4 Å². The fraction of sp³-hybridized carbons (Fsp3) is 0.250. The summed E-state index contributed by atoms with van der Waals surface area (Å²) in [7, 11) is 0. The Morgan fingerprint density at radius 2 is 2.25 bits per heavy atom. The van der Waals surface area contributed by atoms with Crippen LogP contribution in [-0.2, 0) is 11.3 Å². The van der Waals surface area contributed by atoms with Crippen molar-refractivity contribution in [2.45, 2.75) is 18.6 Å². The lowest BCUT2D eigenvalue weighted by Gasteiger charge is -2.07. The average molecular weight is 316 g/mol. The van der Waals surface area contributed by atoms with E-state index in [2.05, 4.69) is 10.2 Å². The molecule has 0 fully saturated rings. The lowest BCUT2D eigenvalue weighted by atomic mass is 10.2. The van der Waals surface area contributed by atoms with E-state index in [0.717, 1.165) is 11.8 Å². The van der Waals surface area contributed by atoms with Crippen molar-refractivity contribution in [3.63, 3.8) is 0 Å². The Morgan fingerprint density at radius 3 is 2.90 bits per heavy atom. The highest BCUT2D eigenvalue weighted by Gasteiger charge is 2.17. The number of rotatable bonds is 5. The minimum Gasteiger partial charge on any atom is -0.481 e. The highest BCUT2D eigenvalue weighted by atomic mass is 35.5. The normalized spacial score (nSPS) is 10.8. The Balaban J connectivity index is 2.42. The van der Waals surface area contributed by atoms with Gasteiger partial charge in [-0.15, -0.1) is 10.2 Å². The number of carbonyl (C=O) groups is 1. The van der Waals surface area contributed by atoms with Gasteiger partial charge < -0.3 is 9.67 Å². The van der Waals surface area contributed by atoms with E-state index in [1.165, 1.54) is 18.2 Å². The molecule has 5 nitrogen and oxygen atoms in total. The van der Waals surface area contributed by atoms with Crippen molar-refractivity contribution in [3.05, 3.63) is 29.0 Å². The molecule has 0 saturated carbocycles. The molecule has 1 aromatic carbocycles. The van der Waals surface area contributed by atoms with Gasteiger partial charge in [0.1, 0.15) is 5.82 Å². The van der Waals surface area contributed by atoms with Crippen LogP contribution in [0.3, 0.4) is 0 Å². The van der Waals surface area contributed by atoms with E-state index in [0.29, 0.717) is 22.5 Å². The van der Waals surface area contributed by atoms with Gasteiger partial charge in [0.05, 0.1) is 11.3 Å². The molecule has 0 aliphatic heterocycles. The molecule has 0 amide bonds. The van der Waals surface area contributed by atoms with Crippen molar-refractivity contribution >= 4 is 29.3 Å². The Bertz CT molecular complexity index is 648. The van der Waals surface area contributed by atoms with Crippen molar-refractivity contribution < 1.29 is 14.3 Å². The Morgan fingerprint density at radius 1 is 1.50 bits per heavy atom. The number of thioether (sulfide) groups is 1. The van der Waals surface area contributed by atoms with Crippen LogP contribution in [0.1, 0.15) is 6.92 Å². The van der Waals surface area contributed by atoms with Gasteiger partial charge in [-0.25, -0.2) is 4.39 Å². The third-order valence-corrected chi connectivity index (χ3v) is 3.71. The number of carboxylic acids is 1. The standard InChI is InChI=1S/C12H11ClFN3O2S/c1-2-17-11(8-5-7(13)3-4-9(8)14)15-16-12(17)20-6-10(18)19/h3-5H,2,6H2,1H3,(H,18,19). The summed E-state index contributed by atoms with van der Waals surface area (Å²) in [5.74, 6) is -1.20. The predicted octanol–water partition coefficient (Wildman–Crippen LogP) is 2.93. The molecular formula is C12H11ClFN3O2S. The zero-order valence-electron chi connectivity index (χ0n) is 10.5. The second-order valence-electron chi connectivity index (χ2n) is 3.86. The van der Waals surface area contributed by atoms with Gasteiger partial charge in [0.15, 0.2) is 11.0 Å². The van der Waals surface area contributed by atoms with Crippen LogP contribution in [0.25, 0.3) is 11.4 Å². The molecule has 106 valence electrons. The van der Waals surface area contributed by atoms with Gasteiger partial charge in [-0.05, 0) is 25.1 Å². The zero-order valence-corrected chi connectivity index (χ0v) is 12.1. The van der Waals surface area contributed by atoms with E-state index in [1.807, 2.05) is 6.92 Å². The molecule has 1 heterocycles. The maximum absolute atomic E-state index is 13.9. The highest BCUT2D eigenvalue weighted by Crippen LogP contribution is 2.27. The molecule has 1 aromatic heterocycles. The summed E-state index contributed by atoms with van der Waals surface area (Å²) in [4.78, 5) is 10.6. The first-order valence-corrected chi connectivity index (χ1v) is 7.12. The monoisotopic (exact) mass is 315 g/mol. The van der Waals surface area contributed by atoms with Crippen LogP contribution in [0.15, 0.2) is 23.4 Å². The largest absolute Gasteiger partial charge is 0.481 e. The van der Waals surface area contributed by atoms with Crippen LogP contribution >= 0.6 is 23.4 Å². The lowest BCUT2D eigenvalue weighted by Crippen LogP contribution is -2.04. The molecule has 1 N–H and O–H groups in total. The Labute approximate surface area is 123 Å². The van der Waals surface area contributed by atoms with E-state index in [-0.39, 0.29) is 11.3 Å².